The molecule has 0 aliphatic carbocycles. The summed E-state index contributed by atoms with van der Waals surface area (Å²) in [6, 6.07) is 5.91. The van der Waals surface area contributed by atoms with Crippen molar-refractivity contribution in [2.45, 2.75) is 53.5 Å². The maximum Gasteiger partial charge on any atom is 0.355 e. The van der Waals surface area contributed by atoms with Gasteiger partial charge in [0.25, 0.3) is 0 Å². The van der Waals surface area contributed by atoms with Gasteiger partial charge in [0.05, 0.1) is 26.0 Å². The fourth-order valence-electron chi connectivity index (χ4n) is 4.91. The van der Waals surface area contributed by atoms with E-state index in [-0.39, 0.29) is 23.7 Å². The molecule has 37 heavy (non-hydrogen) atoms. The van der Waals surface area contributed by atoms with Gasteiger partial charge in [-0.3, -0.25) is 4.79 Å². The third-order valence-electron chi connectivity index (χ3n) is 6.92. The smallest absolute Gasteiger partial charge is 0.355 e. The van der Waals surface area contributed by atoms with Crippen LogP contribution in [0.25, 0.3) is 5.65 Å². The quantitative estimate of drug-likeness (QED) is 0.365. The maximum atomic E-state index is 13.7. The largest absolute Gasteiger partial charge is 0.494 e. The molecular formula is C27H40N7O3+. The Morgan fingerprint density at radius 1 is 1.19 bits per heavy atom. The number of nitrogen functional groups attached to an aromatic ring is 1. The summed E-state index contributed by atoms with van der Waals surface area (Å²) in [7, 11) is 1.69. The number of fused-ring (bicyclic) bond motifs is 1. The van der Waals surface area contributed by atoms with E-state index in [1.807, 2.05) is 25.1 Å². The molecule has 1 aliphatic rings. The zero-order valence-corrected chi connectivity index (χ0v) is 23.2. The summed E-state index contributed by atoms with van der Waals surface area (Å²) < 4.78 is 14.7. The summed E-state index contributed by atoms with van der Waals surface area (Å²) in [5, 5.41) is 9.20. The number of benzene rings is 1. The molecule has 0 amide bonds. The highest BCUT2D eigenvalue weighted by Gasteiger charge is 2.29. The Hall–Kier alpha value is -3.40. The van der Waals surface area contributed by atoms with E-state index in [1.165, 1.54) is 0 Å². The normalized spacial score (nSPS) is 14.3. The average Bonchev–Trinajstić information content (AvgIpc) is 3.19. The van der Waals surface area contributed by atoms with E-state index >= 15 is 0 Å². The van der Waals surface area contributed by atoms with E-state index < -0.39 is 0 Å². The van der Waals surface area contributed by atoms with Crippen molar-refractivity contribution in [2.75, 3.05) is 62.0 Å². The van der Waals surface area contributed by atoms with Crippen molar-refractivity contribution in [1.29, 1.82) is 0 Å². The number of ether oxygens (including phenoxy) is 2. The van der Waals surface area contributed by atoms with Gasteiger partial charge in [-0.2, -0.15) is 0 Å². The Balaban J connectivity index is 1.76. The van der Waals surface area contributed by atoms with E-state index in [4.69, 9.17) is 20.3 Å². The number of rotatable bonds is 8. The van der Waals surface area contributed by atoms with Crippen LogP contribution in [0.15, 0.2) is 18.2 Å². The lowest BCUT2D eigenvalue weighted by atomic mass is 9.84. The van der Waals surface area contributed by atoms with Crippen LogP contribution in [0.5, 0.6) is 5.75 Å². The van der Waals surface area contributed by atoms with Crippen molar-refractivity contribution in [3.05, 3.63) is 34.9 Å². The number of hydrogen-bond acceptors (Lipinski definition) is 8. The first kappa shape index (κ1) is 26.7. The van der Waals surface area contributed by atoms with Crippen molar-refractivity contribution in [1.82, 2.24) is 14.7 Å². The van der Waals surface area contributed by atoms with Gasteiger partial charge in [0, 0.05) is 42.9 Å². The van der Waals surface area contributed by atoms with Crippen molar-refractivity contribution < 1.29 is 19.0 Å². The summed E-state index contributed by atoms with van der Waals surface area (Å²) in [5.41, 5.74) is 10.2. The molecule has 1 aliphatic heterocycles. The maximum absolute atomic E-state index is 13.7. The van der Waals surface area contributed by atoms with Gasteiger partial charge in [-0.05, 0) is 49.5 Å². The molecular weight excluding hydrogens is 470 g/mol. The fourth-order valence-corrected chi connectivity index (χ4v) is 4.91. The van der Waals surface area contributed by atoms with Crippen LogP contribution < -0.4 is 25.0 Å². The van der Waals surface area contributed by atoms with Crippen LogP contribution in [-0.2, 0) is 16.7 Å². The number of morpholine rings is 1. The van der Waals surface area contributed by atoms with Crippen LogP contribution in [0.4, 0.5) is 17.5 Å². The van der Waals surface area contributed by atoms with E-state index in [0.717, 1.165) is 54.6 Å². The number of carbonyl (C=O) groups is 1. The Kier molecular flexibility index (Phi) is 7.59. The molecule has 1 saturated heterocycles. The zero-order valence-electron chi connectivity index (χ0n) is 23.2. The molecule has 10 nitrogen and oxygen atoms in total. The molecule has 0 radical (unpaired) electrons. The van der Waals surface area contributed by atoms with E-state index in [9.17, 15) is 4.79 Å². The molecule has 1 aromatic carbocycles. The van der Waals surface area contributed by atoms with E-state index in [2.05, 4.69) is 49.5 Å². The summed E-state index contributed by atoms with van der Waals surface area (Å²) in [6.07, 6.45) is 0. The monoisotopic (exact) mass is 510 g/mol. The number of methoxy groups -OCH3 is 1. The number of hydrogen-bond donors (Lipinski definition) is 1. The Bertz CT molecular complexity index is 1290. The second-order valence-electron chi connectivity index (χ2n) is 10.5. The fraction of sp³-hybridized carbons (Fsp3) is 0.556. The number of nitrogens with two attached hydrogens (primary N) is 1. The Morgan fingerprint density at radius 3 is 2.46 bits per heavy atom. The molecule has 0 bridgehead atoms. The SMILES string of the molecule is CCN(CC)c1cc(C)c2n(n1)c(N)n[n+]2CC(=O)c1cc(N2CCOCC2)c(OC)c(C(C)(C)C)c1. The van der Waals surface area contributed by atoms with Crippen molar-refractivity contribution in [3.63, 3.8) is 0 Å². The standard InChI is InChI=1S/C27H40N7O3/c1-8-31(9-2)23-14-18(3)25-33(30-26(28)34(25)29-23)17-22(35)19-15-20(27(4,5)6)24(36-7)21(16-19)32-10-12-37-13-11-32/h14-16H,8-13,17H2,1-7H3,(H2,28,30)/q+1. The first-order valence-corrected chi connectivity index (χ1v) is 13.0. The minimum atomic E-state index is -0.220. The molecule has 0 unspecified atom stereocenters. The third-order valence-corrected chi connectivity index (χ3v) is 6.92. The van der Waals surface area contributed by atoms with E-state index in [0.29, 0.717) is 24.4 Å². The van der Waals surface area contributed by atoms with Crippen molar-refractivity contribution >= 4 is 28.9 Å². The molecule has 2 aromatic heterocycles. The van der Waals surface area contributed by atoms with Crippen LogP contribution >= 0.6 is 0 Å². The van der Waals surface area contributed by atoms with Crippen LogP contribution in [0, 0.1) is 6.92 Å². The third kappa shape index (κ3) is 5.20. The number of aromatic nitrogens is 4. The minimum absolute atomic E-state index is 0.0479. The number of anilines is 3. The average molecular weight is 511 g/mol. The predicted octanol–water partition coefficient (Wildman–Crippen LogP) is 2.78. The van der Waals surface area contributed by atoms with Crippen molar-refractivity contribution in [2.24, 2.45) is 0 Å². The number of nitrogens with zero attached hydrogens (tertiary/aromatic N) is 6. The van der Waals surface area contributed by atoms with Gasteiger partial charge < -0.3 is 25.0 Å². The number of ketones is 1. The predicted molar refractivity (Wildman–Crippen MR) is 145 cm³/mol. The van der Waals surface area contributed by atoms with Gasteiger partial charge >= 0.3 is 11.6 Å². The lowest BCUT2D eigenvalue weighted by molar-refractivity contribution is -0.714. The van der Waals surface area contributed by atoms with Gasteiger partial charge in [-0.1, -0.05) is 30.4 Å². The van der Waals surface area contributed by atoms with Gasteiger partial charge in [0.2, 0.25) is 5.78 Å². The molecule has 0 saturated carbocycles. The number of aryl methyl sites for hydroxylation is 1. The lowest BCUT2D eigenvalue weighted by Gasteiger charge is -2.33. The summed E-state index contributed by atoms with van der Waals surface area (Å²) in [4.78, 5) is 18.1. The highest BCUT2D eigenvalue weighted by Crippen LogP contribution is 2.40. The summed E-state index contributed by atoms with van der Waals surface area (Å²) >= 11 is 0. The molecule has 3 heterocycles. The van der Waals surface area contributed by atoms with Crippen LogP contribution in [0.1, 0.15) is 56.1 Å². The molecule has 0 atom stereocenters. The van der Waals surface area contributed by atoms with Crippen LogP contribution in [0.2, 0.25) is 0 Å². The second kappa shape index (κ2) is 10.5. The van der Waals surface area contributed by atoms with Crippen LogP contribution in [-0.4, -0.2) is 67.0 Å². The second-order valence-corrected chi connectivity index (χ2v) is 10.5. The van der Waals surface area contributed by atoms with Gasteiger partial charge in [-0.25, -0.2) is 0 Å². The van der Waals surface area contributed by atoms with Gasteiger partial charge in [0.15, 0.2) is 12.4 Å². The highest BCUT2D eigenvalue weighted by atomic mass is 16.5. The first-order chi connectivity index (χ1) is 17.6. The molecule has 4 rings (SSSR count). The summed E-state index contributed by atoms with van der Waals surface area (Å²) in [5.74, 6) is 1.83. The zero-order chi connectivity index (χ0) is 26.9. The van der Waals surface area contributed by atoms with Crippen LogP contribution in [0.3, 0.4) is 0 Å². The topological polar surface area (TPSA) is 102 Å². The number of Topliss-reactive ketones (excluding diaryl/α,β-unsaturated/α-hetero) is 1. The van der Waals surface area contributed by atoms with E-state index in [1.54, 1.807) is 16.3 Å². The Labute approximate surface area is 218 Å². The molecule has 10 heteroatoms. The molecule has 200 valence electrons. The highest BCUT2D eigenvalue weighted by molar-refractivity contribution is 5.97. The first-order valence-electron chi connectivity index (χ1n) is 13.0. The Morgan fingerprint density at radius 2 is 1.86 bits per heavy atom. The summed E-state index contributed by atoms with van der Waals surface area (Å²) in [6.45, 7) is 17.0. The lowest BCUT2D eigenvalue weighted by Crippen LogP contribution is -2.41. The molecule has 2 N–H and O–H groups in total. The van der Waals surface area contributed by atoms with Gasteiger partial charge in [-0.15, -0.1) is 4.68 Å². The minimum Gasteiger partial charge on any atom is -0.494 e. The molecule has 1 fully saturated rings. The van der Waals surface area contributed by atoms with Crippen molar-refractivity contribution in [3.8, 4) is 5.75 Å². The molecule has 0 spiro atoms. The van der Waals surface area contributed by atoms with Gasteiger partial charge in [0.1, 0.15) is 5.75 Å². The molecule has 3 aromatic rings. The number of carbonyl (C=O) groups excluding carboxylic acids is 1.